The van der Waals surface area contributed by atoms with Crippen molar-refractivity contribution in [1.29, 1.82) is 0 Å². The van der Waals surface area contributed by atoms with Crippen LogP contribution in [0.2, 0.25) is 0 Å². The third-order valence-electron chi connectivity index (χ3n) is 7.86. The van der Waals surface area contributed by atoms with E-state index in [1.807, 2.05) is 29.1 Å². The minimum Gasteiger partial charge on any atom is -0.358 e. The number of nitrogens with zero attached hydrogens (tertiary/aromatic N) is 3. The van der Waals surface area contributed by atoms with Crippen LogP contribution >= 0.6 is 0 Å². The Hall–Kier alpha value is -3.33. The van der Waals surface area contributed by atoms with E-state index in [1.165, 1.54) is 21.9 Å². The summed E-state index contributed by atoms with van der Waals surface area (Å²) in [6, 6.07) is 6.34. The largest absolute Gasteiger partial charge is 0.358 e. The lowest BCUT2D eigenvalue weighted by molar-refractivity contribution is -0.176. The van der Waals surface area contributed by atoms with E-state index in [0.717, 1.165) is 81.7 Å². The van der Waals surface area contributed by atoms with Crippen molar-refractivity contribution < 1.29 is 14.4 Å². The van der Waals surface area contributed by atoms with Crippen molar-refractivity contribution in [3.8, 4) is 0 Å². The maximum absolute atomic E-state index is 13.2. The highest BCUT2D eigenvalue weighted by Gasteiger charge is 2.23. The second kappa shape index (κ2) is 15.1. The van der Waals surface area contributed by atoms with Gasteiger partial charge in [-0.15, -0.1) is 0 Å². The lowest BCUT2D eigenvalue weighted by atomic mass is 9.91. The third kappa shape index (κ3) is 8.58. The summed E-state index contributed by atoms with van der Waals surface area (Å²) in [5, 5.41) is 13.5. The summed E-state index contributed by atoms with van der Waals surface area (Å²) in [5.74, 6) is -0.354. The van der Waals surface area contributed by atoms with Gasteiger partial charge >= 0.3 is 12.0 Å². The fraction of sp³-hybridized carbons (Fsp3) is 0.594. The van der Waals surface area contributed by atoms with Gasteiger partial charge in [0.2, 0.25) is 0 Å². The third-order valence-corrected chi connectivity index (χ3v) is 7.86. The molecule has 0 saturated carbocycles. The standard InChI is InChI=1S/C32H48N6O3/c1-5-7-9-11-31(39)41-38(18-10-8-6-2)32(40)35-26-13-15-30-28(20-26)27-19-25(12-14-29(27)36-30)33-17-16-24-21-34-37(22-24)23(3)4/h13,15,20-23,25,33,36H,5-12,14,16-19H2,1-4H3,(H,35,40). The second-order valence-electron chi connectivity index (χ2n) is 11.6. The number of fused-ring (bicyclic) bond motifs is 3. The van der Waals surface area contributed by atoms with E-state index in [9.17, 15) is 9.59 Å². The molecule has 1 unspecified atom stereocenters. The number of H-pyrrole nitrogens is 1. The van der Waals surface area contributed by atoms with Gasteiger partial charge in [0, 0.05) is 47.0 Å². The van der Waals surface area contributed by atoms with Crippen LogP contribution in [0.25, 0.3) is 10.9 Å². The number of aromatic amines is 1. The summed E-state index contributed by atoms with van der Waals surface area (Å²) in [6.07, 6.45) is 14.0. The first kappa shape index (κ1) is 30.6. The zero-order valence-corrected chi connectivity index (χ0v) is 25.3. The Labute approximate surface area is 244 Å². The van der Waals surface area contributed by atoms with E-state index in [2.05, 4.69) is 54.6 Å². The van der Waals surface area contributed by atoms with Gasteiger partial charge in [-0.2, -0.15) is 10.2 Å². The van der Waals surface area contributed by atoms with E-state index in [1.54, 1.807) is 0 Å². The van der Waals surface area contributed by atoms with Crippen LogP contribution in [0.5, 0.6) is 0 Å². The van der Waals surface area contributed by atoms with Gasteiger partial charge in [0.25, 0.3) is 0 Å². The first-order valence-electron chi connectivity index (χ1n) is 15.6. The maximum Gasteiger partial charge on any atom is 0.355 e. The summed E-state index contributed by atoms with van der Waals surface area (Å²) >= 11 is 0. The van der Waals surface area contributed by atoms with Gasteiger partial charge in [-0.3, -0.25) is 4.68 Å². The number of hydrogen-bond acceptors (Lipinski definition) is 5. The highest BCUT2D eigenvalue weighted by molar-refractivity contribution is 5.94. The number of aryl methyl sites for hydroxylation is 1. The fourth-order valence-corrected chi connectivity index (χ4v) is 5.45. The molecule has 3 aromatic rings. The van der Waals surface area contributed by atoms with E-state index in [4.69, 9.17) is 4.84 Å². The molecule has 2 heterocycles. The number of benzene rings is 1. The highest BCUT2D eigenvalue weighted by Crippen LogP contribution is 2.31. The van der Waals surface area contributed by atoms with Gasteiger partial charge in [0.1, 0.15) is 0 Å². The lowest BCUT2D eigenvalue weighted by Crippen LogP contribution is -2.37. The average Bonchev–Trinajstić information content (AvgIpc) is 3.57. The molecule has 0 aliphatic heterocycles. The second-order valence-corrected chi connectivity index (χ2v) is 11.6. The SMILES string of the molecule is CCCCCC(=O)ON(CCCCC)C(=O)Nc1ccc2[nH]c3c(c2c1)CC(NCCc1cnn(C(C)C)c1)CC3. The Morgan fingerprint density at radius 3 is 2.73 bits per heavy atom. The van der Waals surface area contributed by atoms with Crippen molar-refractivity contribution in [3.63, 3.8) is 0 Å². The molecule has 9 nitrogen and oxygen atoms in total. The molecule has 1 atom stereocenters. The Bertz CT molecular complexity index is 1280. The van der Waals surface area contributed by atoms with Crippen LogP contribution in [0.15, 0.2) is 30.6 Å². The number of urea groups is 1. The molecule has 3 N–H and O–H groups in total. The van der Waals surface area contributed by atoms with E-state index in [0.29, 0.717) is 30.7 Å². The molecule has 1 aliphatic carbocycles. The first-order chi connectivity index (χ1) is 19.9. The molecule has 0 bridgehead atoms. The number of carbonyl (C=O) groups excluding carboxylic acids is 2. The monoisotopic (exact) mass is 564 g/mol. The quantitative estimate of drug-likeness (QED) is 0.149. The van der Waals surface area contributed by atoms with Gasteiger partial charge in [-0.05, 0) is 88.2 Å². The van der Waals surface area contributed by atoms with Gasteiger partial charge in [0.15, 0.2) is 0 Å². The summed E-state index contributed by atoms with van der Waals surface area (Å²) < 4.78 is 2.01. The molecular formula is C32H48N6O3. The molecule has 2 amide bonds. The van der Waals surface area contributed by atoms with Gasteiger partial charge in [0.05, 0.1) is 12.7 Å². The zero-order chi connectivity index (χ0) is 29.2. The van der Waals surface area contributed by atoms with Crippen LogP contribution in [0.1, 0.15) is 102 Å². The Kier molecular flexibility index (Phi) is 11.2. The van der Waals surface area contributed by atoms with Crippen LogP contribution < -0.4 is 10.6 Å². The summed E-state index contributed by atoms with van der Waals surface area (Å²) in [5.41, 5.74) is 5.63. The van der Waals surface area contributed by atoms with Crippen LogP contribution in [0.4, 0.5) is 10.5 Å². The first-order valence-corrected chi connectivity index (χ1v) is 15.6. The van der Waals surface area contributed by atoms with Crippen molar-refractivity contribution in [1.82, 2.24) is 25.1 Å². The number of unbranched alkanes of at least 4 members (excludes halogenated alkanes) is 4. The normalized spacial score (nSPS) is 14.8. The van der Waals surface area contributed by atoms with Crippen LogP contribution in [-0.4, -0.2) is 51.0 Å². The van der Waals surface area contributed by atoms with Crippen LogP contribution in [0, 0.1) is 0 Å². The number of rotatable bonds is 14. The number of anilines is 1. The number of nitrogens with one attached hydrogen (secondary N) is 3. The van der Waals surface area contributed by atoms with Gasteiger partial charge < -0.3 is 20.5 Å². The van der Waals surface area contributed by atoms with E-state index < -0.39 is 6.03 Å². The van der Waals surface area contributed by atoms with Gasteiger partial charge in [-0.1, -0.05) is 39.5 Å². The predicted molar refractivity (Wildman–Crippen MR) is 164 cm³/mol. The molecule has 0 radical (unpaired) electrons. The van der Waals surface area contributed by atoms with Crippen molar-refractivity contribution in [3.05, 3.63) is 47.4 Å². The topological polar surface area (TPSA) is 104 Å². The molecule has 0 fully saturated rings. The molecule has 1 aromatic carbocycles. The van der Waals surface area contributed by atoms with Crippen LogP contribution in [-0.2, 0) is 28.9 Å². The summed E-state index contributed by atoms with van der Waals surface area (Å²) in [6.45, 7) is 9.78. The molecule has 4 rings (SSSR count). The van der Waals surface area contributed by atoms with Crippen molar-refractivity contribution in [2.24, 2.45) is 0 Å². The number of hydrogen-bond donors (Lipinski definition) is 3. The molecule has 9 heteroatoms. The minimum absolute atomic E-state index is 0.323. The Morgan fingerprint density at radius 2 is 1.98 bits per heavy atom. The van der Waals surface area contributed by atoms with Gasteiger partial charge in [-0.25, -0.2) is 9.59 Å². The van der Waals surface area contributed by atoms with E-state index >= 15 is 0 Å². The van der Waals surface area contributed by atoms with Crippen LogP contribution in [0.3, 0.4) is 0 Å². The maximum atomic E-state index is 13.2. The molecule has 2 aromatic heterocycles. The number of hydroxylamine groups is 2. The lowest BCUT2D eigenvalue weighted by Gasteiger charge is -2.24. The molecule has 0 spiro atoms. The number of aromatic nitrogens is 3. The summed E-state index contributed by atoms with van der Waals surface area (Å²) in [7, 11) is 0. The molecule has 0 saturated heterocycles. The Balaban J connectivity index is 1.37. The number of amides is 2. The smallest absolute Gasteiger partial charge is 0.355 e. The molecule has 1 aliphatic rings. The molecular weight excluding hydrogens is 516 g/mol. The van der Waals surface area contributed by atoms with Crippen molar-refractivity contribution in [2.45, 2.75) is 110 Å². The van der Waals surface area contributed by atoms with Crippen molar-refractivity contribution >= 4 is 28.6 Å². The molecule has 224 valence electrons. The zero-order valence-electron chi connectivity index (χ0n) is 25.3. The molecule has 41 heavy (non-hydrogen) atoms. The fourth-order valence-electron chi connectivity index (χ4n) is 5.45. The highest BCUT2D eigenvalue weighted by atomic mass is 16.7. The Morgan fingerprint density at radius 1 is 1.17 bits per heavy atom. The predicted octanol–water partition coefficient (Wildman–Crippen LogP) is 6.70. The van der Waals surface area contributed by atoms with E-state index in [-0.39, 0.29) is 5.97 Å². The van der Waals surface area contributed by atoms with Crippen molar-refractivity contribution in [2.75, 3.05) is 18.4 Å². The summed E-state index contributed by atoms with van der Waals surface area (Å²) in [4.78, 5) is 34.6. The number of carbonyl (C=O) groups is 2. The minimum atomic E-state index is -0.408. The average molecular weight is 565 g/mol.